The predicted octanol–water partition coefficient (Wildman–Crippen LogP) is 7.15. The molecule has 0 saturated carbocycles. The largest absolute Gasteiger partial charge is 0.478 e. The first-order valence-electron chi connectivity index (χ1n) is 15.8. The molecule has 0 unspecified atom stereocenters. The van der Waals surface area contributed by atoms with Gasteiger partial charge in [0, 0.05) is 12.8 Å². The molecular formula is C38H34O12. The van der Waals surface area contributed by atoms with E-state index in [2.05, 4.69) is 0 Å². The number of unbranched alkanes of at least 4 members (excludes halogenated alkanes) is 5. The maximum Gasteiger partial charge on any atom is 0.347 e. The first-order chi connectivity index (χ1) is 24.1. The number of ether oxygens (including phenoxy) is 4. The summed E-state index contributed by atoms with van der Waals surface area (Å²) in [7, 11) is 0. The van der Waals surface area contributed by atoms with Gasteiger partial charge in [0.1, 0.15) is 45.3 Å². The predicted molar refractivity (Wildman–Crippen MR) is 178 cm³/mol. The molecule has 0 aromatic heterocycles. The van der Waals surface area contributed by atoms with E-state index < -0.39 is 35.8 Å². The molecule has 0 heterocycles. The first kappa shape index (κ1) is 36.5. The van der Waals surface area contributed by atoms with E-state index in [9.17, 15) is 39.0 Å². The Balaban J connectivity index is 1.14. The van der Waals surface area contributed by atoms with Crippen LogP contribution in [0.3, 0.4) is 0 Å². The normalized spacial score (nSPS) is 10.5. The molecule has 0 aliphatic carbocycles. The fourth-order valence-corrected chi connectivity index (χ4v) is 4.82. The molecule has 4 rings (SSSR count). The number of carbonyl (C=O) groups is 6. The minimum absolute atomic E-state index is 0.00484. The summed E-state index contributed by atoms with van der Waals surface area (Å²) >= 11 is 0. The third kappa shape index (κ3) is 10.6. The number of hydrogen-bond donors (Lipinski definition) is 2. The van der Waals surface area contributed by atoms with E-state index in [-0.39, 0.29) is 58.1 Å². The van der Waals surface area contributed by atoms with Crippen molar-refractivity contribution in [1.29, 1.82) is 0 Å². The quantitative estimate of drug-likeness (QED) is 0.0653. The molecule has 12 nitrogen and oxygen atoms in total. The lowest BCUT2D eigenvalue weighted by Crippen LogP contribution is -2.15. The number of para-hydroxylation sites is 4. The van der Waals surface area contributed by atoms with Crippen molar-refractivity contribution in [1.82, 2.24) is 0 Å². The number of aromatic carboxylic acids is 2. The number of rotatable bonds is 17. The summed E-state index contributed by atoms with van der Waals surface area (Å²) in [5.41, 5.74) is -0.409. The van der Waals surface area contributed by atoms with Gasteiger partial charge >= 0.3 is 35.8 Å². The third-order valence-corrected chi connectivity index (χ3v) is 7.31. The molecule has 0 spiro atoms. The first-order valence-corrected chi connectivity index (χ1v) is 15.8. The Hall–Kier alpha value is -6.30. The molecule has 0 amide bonds. The molecule has 2 N–H and O–H groups in total. The van der Waals surface area contributed by atoms with Gasteiger partial charge in [0.05, 0.1) is 0 Å². The summed E-state index contributed by atoms with van der Waals surface area (Å²) in [5.74, 6) is -5.55. The van der Waals surface area contributed by atoms with Gasteiger partial charge < -0.3 is 29.2 Å². The van der Waals surface area contributed by atoms with Crippen LogP contribution in [0.1, 0.15) is 92.8 Å². The van der Waals surface area contributed by atoms with Gasteiger partial charge in [-0.15, -0.1) is 0 Å². The van der Waals surface area contributed by atoms with E-state index in [1.165, 1.54) is 72.8 Å². The van der Waals surface area contributed by atoms with E-state index in [1.54, 1.807) is 24.3 Å². The Morgan fingerprint density at radius 2 is 0.660 bits per heavy atom. The van der Waals surface area contributed by atoms with Gasteiger partial charge in [-0.25, -0.2) is 19.2 Å². The van der Waals surface area contributed by atoms with E-state index in [0.29, 0.717) is 12.8 Å². The van der Waals surface area contributed by atoms with E-state index in [1.807, 2.05) is 0 Å². The van der Waals surface area contributed by atoms with Crippen molar-refractivity contribution in [3.05, 3.63) is 119 Å². The summed E-state index contributed by atoms with van der Waals surface area (Å²) in [4.78, 5) is 73.4. The monoisotopic (exact) mass is 682 g/mol. The number of hydrogen-bond acceptors (Lipinski definition) is 10. The molecule has 4 aromatic rings. The molecular weight excluding hydrogens is 648 g/mol. The van der Waals surface area contributed by atoms with Gasteiger partial charge in [-0.05, 0) is 61.4 Å². The topological polar surface area (TPSA) is 180 Å². The van der Waals surface area contributed by atoms with Crippen molar-refractivity contribution in [2.45, 2.75) is 51.4 Å². The Kier molecular flexibility index (Phi) is 13.4. The van der Waals surface area contributed by atoms with Crippen LogP contribution in [0.2, 0.25) is 0 Å². The van der Waals surface area contributed by atoms with E-state index in [4.69, 9.17) is 18.9 Å². The maximum atomic E-state index is 12.8. The molecule has 0 fully saturated rings. The van der Waals surface area contributed by atoms with Crippen LogP contribution in [0.15, 0.2) is 97.1 Å². The van der Waals surface area contributed by atoms with Crippen LogP contribution >= 0.6 is 0 Å². The number of carbonyl (C=O) groups excluding carboxylic acids is 4. The highest BCUT2D eigenvalue weighted by molar-refractivity contribution is 5.98. The highest BCUT2D eigenvalue weighted by atomic mass is 16.6. The fraction of sp³-hybridized carbons (Fsp3) is 0.211. The second-order valence-electron chi connectivity index (χ2n) is 10.9. The van der Waals surface area contributed by atoms with Crippen molar-refractivity contribution >= 4 is 35.8 Å². The fourth-order valence-electron chi connectivity index (χ4n) is 4.82. The molecule has 0 bridgehead atoms. The van der Waals surface area contributed by atoms with E-state index in [0.717, 1.165) is 25.7 Å². The van der Waals surface area contributed by atoms with Crippen LogP contribution in [0, 0.1) is 0 Å². The Bertz CT molecular complexity index is 1730. The lowest BCUT2D eigenvalue weighted by Gasteiger charge is -2.11. The van der Waals surface area contributed by atoms with Crippen LogP contribution < -0.4 is 18.9 Å². The maximum absolute atomic E-state index is 12.8. The Morgan fingerprint density at radius 3 is 1.00 bits per heavy atom. The van der Waals surface area contributed by atoms with Crippen LogP contribution in [0.4, 0.5) is 0 Å². The summed E-state index contributed by atoms with van der Waals surface area (Å²) < 4.78 is 21.4. The molecule has 4 aromatic carbocycles. The summed E-state index contributed by atoms with van der Waals surface area (Å²) in [5, 5.41) is 18.7. The highest BCUT2D eigenvalue weighted by Crippen LogP contribution is 2.26. The van der Waals surface area contributed by atoms with Gasteiger partial charge in [0.25, 0.3) is 0 Å². The van der Waals surface area contributed by atoms with Crippen molar-refractivity contribution in [3.8, 4) is 23.0 Å². The van der Waals surface area contributed by atoms with Gasteiger partial charge in [-0.1, -0.05) is 74.2 Å². The zero-order valence-electron chi connectivity index (χ0n) is 26.9. The SMILES string of the molecule is O=C(CCCCCCCCC(=O)Oc1ccccc1C(=O)Oc1ccccc1C(=O)O)Oc1ccccc1C(=O)Oc1ccccc1C(=O)O. The van der Waals surface area contributed by atoms with Crippen molar-refractivity contribution in [2.24, 2.45) is 0 Å². The Labute approximate surface area is 287 Å². The third-order valence-electron chi connectivity index (χ3n) is 7.31. The molecule has 12 heteroatoms. The smallest absolute Gasteiger partial charge is 0.347 e. The molecule has 258 valence electrons. The zero-order chi connectivity index (χ0) is 35.9. The molecule has 0 aliphatic rings. The Morgan fingerprint density at radius 1 is 0.380 bits per heavy atom. The van der Waals surface area contributed by atoms with Crippen LogP contribution in [-0.4, -0.2) is 46.0 Å². The van der Waals surface area contributed by atoms with E-state index >= 15 is 0 Å². The average Bonchev–Trinajstić information content (AvgIpc) is 3.10. The van der Waals surface area contributed by atoms with Gasteiger partial charge in [0.15, 0.2) is 0 Å². The van der Waals surface area contributed by atoms with Crippen molar-refractivity contribution in [2.75, 3.05) is 0 Å². The van der Waals surface area contributed by atoms with Crippen molar-refractivity contribution in [3.63, 3.8) is 0 Å². The van der Waals surface area contributed by atoms with Gasteiger partial charge in [0.2, 0.25) is 0 Å². The molecule has 50 heavy (non-hydrogen) atoms. The van der Waals surface area contributed by atoms with Crippen molar-refractivity contribution < 1.29 is 57.9 Å². The lowest BCUT2D eigenvalue weighted by atomic mass is 10.1. The molecule has 0 saturated heterocycles. The number of carboxylic acid groups (broad SMARTS) is 2. The van der Waals surface area contributed by atoms with Gasteiger partial charge in [-0.3, -0.25) is 9.59 Å². The average molecular weight is 683 g/mol. The number of benzene rings is 4. The molecule has 0 atom stereocenters. The number of esters is 4. The summed E-state index contributed by atoms with van der Waals surface area (Å²) in [6.45, 7) is 0. The summed E-state index contributed by atoms with van der Waals surface area (Å²) in [6.07, 6.45) is 4.39. The number of carboxylic acids is 2. The summed E-state index contributed by atoms with van der Waals surface area (Å²) in [6, 6.07) is 23.5. The lowest BCUT2D eigenvalue weighted by molar-refractivity contribution is -0.135. The standard InChI is InChI=1S/C38H34O12/c39-33(47-31-21-13-9-17-27(31)37(45)49-29-19-11-7-15-25(29)35(41)42)23-5-3-1-2-4-6-24-34(40)48-32-22-14-10-18-28(32)38(46)50-30-20-12-8-16-26(30)36(43)44/h7-22H,1-6,23-24H2,(H,41,42)(H,43,44). The molecule has 0 radical (unpaired) electrons. The van der Waals surface area contributed by atoms with Crippen LogP contribution in [-0.2, 0) is 9.59 Å². The minimum Gasteiger partial charge on any atom is -0.478 e. The molecule has 0 aliphatic heterocycles. The highest BCUT2D eigenvalue weighted by Gasteiger charge is 2.21. The van der Waals surface area contributed by atoms with Gasteiger partial charge in [-0.2, -0.15) is 0 Å². The van der Waals surface area contributed by atoms with Crippen LogP contribution in [0.5, 0.6) is 23.0 Å². The second-order valence-corrected chi connectivity index (χ2v) is 10.9. The second kappa shape index (κ2) is 18.3. The zero-order valence-corrected chi connectivity index (χ0v) is 26.9. The van der Waals surface area contributed by atoms with Crippen LogP contribution in [0.25, 0.3) is 0 Å². The minimum atomic E-state index is -1.25.